The van der Waals surface area contributed by atoms with Gasteiger partial charge in [-0.05, 0) is 4.85 Å². The van der Waals surface area contributed by atoms with E-state index in [-0.39, 0.29) is 23.1 Å². The van der Waals surface area contributed by atoms with Gasteiger partial charge in [-0.1, -0.05) is 4.84 Å². The Balaban J connectivity index is 4.13. The standard InChI is InChI=1S/C7H19N4O3/c1-9-7-13-11(4,5)14-10(2,3)12-6-8/h1H,6-8H2,2-5H3/q+3. The highest BCUT2D eigenvalue weighted by atomic mass is 17.2. The fourth-order valence-electron chi connectivity index (χ4n) is 0.873. The molecule has 0 aromatic rings. The monoisotopic (exact) mass is 207 g/mol. The number of hydrogen-bond acceptors (Lipinski definition) is 4. The van der Waals surface area contributed by atoms with E-state index in [4.69, 9.17) is 26.9 Å². The lowest BCUT2D eigenvalue weighted by Crippen LogP contribution is -2.53. The number of quaternary nitrogens is 2. The second-order valence-corrected chi connectivity index (χ2v) is 3.32. The fourth-order valence-corrected chi connectivity index (χ4v) is 0.873. The molecule has 2 N–H and O–H groups in total. The van der Waals surface area contributed by atoms with Crippen molar-refractivity contribution in [1.29, 1.82) is 0 Å². The van der Waals surface area contributed by atoms with Crippen LogP contribution in [-0.2, 0) is 14.6 Å². The maximum Gasteiger partial charge on any atom is 0.415 e. The Hall–Kier alpha value is -0.750. The summed E-state index contributed by atoms with van der Waals surface area (Å²) in [6.07, 6.45) is 0. The molecule has 0 fully saturated rings. The smallest absolute Gasteiger partial charge is 0.303 e. The number of nitrogens with two attached hydrogens (primary N) is 1. The molecule has 0 rings (SSSR count). The first-order chi connectivity index (χ1) is 6.33. The molecule has 7 nitrogen and oxygen atoms in total. The van der Waals surface area contributed by atoms with Crippen LogP contribution in [0.15, 0.2) is 0 Å². The third-order valence-corrected chi connectivity index (χ3v) is 1.22. The van der Waals surface area contributed by atoms with Crippen LogP contribution in [0.3, 0.4) is 0 Å². The quantitative estimate of drug-likeness (QED) is 0.368. The maximum atomic E-state index is 5.40. The van der Waals surface area contributed by atoms with E-state index < -0.39 is 0 Å². The summed E-state index contributed by atoms with van der Waals surface area (Å²) in [4.78, 5) is 18.6. The van der Waals surface area contributed by atoms with Crippen LogP contribution in [0.5, 0.6) is 0 Å². The van der Waals surface area contributed by atoms with E-state index in [1.807, 2.05) is 0 Å². The highest BCUT2D eigenvalue weighted by Crippen LogP contribution is 2.09. The van der Waals surface area contributed by atoms with Crippen molar-refractivity contribution in [3.63, 3.8) is 0 Å². The van der Waals surface area contributed by atoms with Gasteiger partial charge in [0.15, 0.2) is 6.73 Å². The lowest BCUT2D eigenvalue weighted by Gasteiger charge is -2.27. The Morgan fingerprint density at radius 2 is 1.64 bits per heavy atom. The van der Waals surface area contributed by atoms with E-state index in [1.165, 1.54) is 0 Å². The van der Waals surface area contributed by atoms with Gasteiger partial charge < -0.3 is 5.73 Å². The summed E-state index contributed by atoms with van der Waals surface area (Å²) < 4.78 is 0. The molecule has 0 heterocycles. The second kappa shape index (κ2) is 5.21. The minimum Gasteiger partial charge on any atom is -0.303 e. The van der Waals surface area contributed by atoms with Gasteiger partial charge in [0, 0.05) is 9.62 Å². The molecule has 0 spiro atoms. The molecule has 0 amide bonds. The molecule has 7 heteroatoms. The van der Waals surface area contributed by atoms with E-state index in [1.54, 1.807) is 28.2 Å². The summed E-state index contributed by atoms with van der Waals surface area (Å²) in [6, 6.07) is 0. The van der Waals surface area contributed by atoms with Gasteiger partial charge in [-0.25, -0.2) is 0 Å². The summed E-state index contributed by atoms with van der Waals surface area (Å²) in [6.45, 7) is 5.02. The van der Waals surface area contributed by atoms with E-state index in [0.29, 0.717) is 0 Å². The molecule has 0 aliphatic rings. The van der Waals surface area contributed by atoms with Crippen LogP contribution >= 0.6 is 0 Å². The Bertz CT molecular complexity index is 211. The van der Waals surface area contributed by atoms with Crippen LogP contribution in [0, 0.1) is 6.57 Å². The fraction of sp³-hybridized carbons (Fsp3) is 0.857. The lowest BCUT2D eigenvalue weighted by molar-refractivity contribution is -1.44. The van der Waals surface area contributed by atoms with Crippen molar-refractivity contribution < 1.29 is 24.2 Å². The predicted octanol–water partition coefficient (Wildman–Crippen LogP) is -0.315. The molecule has 0 radical (unpaired) electrons. The molecule has 14 heavy (non-hydrogen) atoms. The Labute approximate surface area is 84.0 Å². The summed E-state index contributed by atoms with van der Waals surface area (Å²) in [7, 11) is 6.70. The van der Waals surface area contributed by atoms with Crippen LogP contribution in [0.25, 0.3) is 4.85 Å². The molecule has 0 aliphatic carbocycles. The van der Waals surface area contributed by atoms with Crippen molar-refractivity contribution in [2.45, 2.75) is 0 Å². The van der Waals surface area contributed by atoms with Gasteiger partial charge in [0.25, 0.3) is 6.57 Å². The van der Waals surface area contributed by atoms with Crippen molar-refractivity contribution in [2.24, 2.45) is 5.73 Å². The number of hydrogen-bond donors (Lipinski definition) is 1. The molecule has 82 valence electrons. The van der Waals surface area contributed by atoms with Crippen molar-refractivity contribution in [1.82, 2.24) is 0 Å². The molecule has 0 aliphatic heterocycles. The van der Waals surface area contributed by atoms with Gasteiger partial charge in [-0.2, -0.15) is 0 Å². The average Bonchev–Trinajstić information content (AvgIpc) is 1.98. The second-order valence-electron chi connectivity index (χ2n) is 3.32. The van der Waals surface area contributed by atoms with Crippen molar-refractivity contribution in [2.75, 3.05) is 41.7 Å². The van der Waals surface area contributed by atoms with Crippen LogP contribution in [0.1, 0.15) is 0 Å². The van der Waals surface area contributed by atoms with E-state index in [0.717, 1.165) is 0 Å². The van der Waals surface area contributed by atoms with Crippen LogP contribution in [0.4, 0.5) is 0 Å². The summed E-state index contributed by atoms with van der Waals surface area (Å²) in [5.74, 6) is 0. The van der Waals surface area contributed by atoms with Gasteiger partial charge in [0.05, 0.1) is 4.94 Å². The number of rotatable bonds is 6. The summed E-state index contributed by atoms with van der Waals surface area (Å²) in [5.41, 5.74) is 5.23. The molecular weight excluding hydrogens is 188 g/mol. The van der Waals surface area contributed by atoms with Crippen LogP contribution in [0.2, 0.25) is 0 Å². The largest absolute Gasteiger partial charge is 0.415 e. The zero-order chi connectivity index (χ0) is 11.2. The normalized spacial score (nSPS) is 12.6. The van der Waals surface area contributed by atoms with Crippen molar-refractivity contribution in [3.05, 3.63) is 4.85 Å². The van der Waals surface area contributed by atoms with Gasteiger partial charge in [0.2, 0.25) is 0 Å². The molecule has 0 saturated heterocycles. The highest BCUT2D eigenvalue weighted by molar-refractivity contribution is 4.55. The number of nitrogens with zero attached hydrogens (tertiary/aromatic N) is 3. The summed E-state index contributed by atoms with van der Waals surface area (Å²) >= 11 is 0. The third kappa shape index (κ3) is 5.82. The maximum absolute atomic E-state index is 5.40. The first-order valence-corrected chi connectivity index (χ1v) is 4.08. The molecule has 0 atom stereocenters. The minimum absolute atomic E-state index is 0.0373. The topological polar surface area (TPSA) is 58.1 Å². The zero-order valence-corrected chi connectivity index (χ0v) is 9.14. The van der Waals surface area contributed by atoms with Crippen LogP contribution in [-0.4, -0.2) is 51.3 Å². The Morgan fingerprint density at radius 1 is 1.14 bits per heavy atom. The molecule has 0 aromatic carbocycles. The van der Waals surface area contributed by atoms with Gasteiger partial charge in [-0.3, -0.25) is 0 Å². The van der Waals surface area contributed by atoms with Gasteiger partial charge >= 0.3 is 6.73 Å². The van der Waals surface area contributed by atoms with Crippen molar-refractivity contribution >= 4 is 0 Å². The molecule has 0 unspecified atom stereocenters. The Kier molecular flexibility index (Phi) is 4.93. The first kappa shape index (κ1) is 13.2. The highest BCUT2D eigenvalue weighted by Gasteiger charge is 2.35. The summed E-state index contributed by atoms with van der Waals surface area (Å²) in [5, 5.41) is 0. The van der Waals surface area contributed by atoms with Crippen molar-refractivity contribution in [3.8, 4) is 6.57 Å². The minimum atomic E-state index is -0.201. The van der Waals surface area contributed by atoms with E-state index in [9.17, 15) is 0 Å². The molecule has 0 aromatic heterocycles. The average molecular weight is 207 g/mol. The zero-order valence-electron chi connectivity index (χ0n) is 9.14. The number of hydroxylamine groups is 8. The third-order valence-electron chi connectivity index (χ3n) is 1.22. The van der Waals surface area contributed by atoms with Gasteiger partial charge in [-0.15, -0.1) is 4.84 Å². The van der Waals surface area contributed by atoms with E-state index >= 15 is 0 Å². The lowest BCUT2D eigenvalue weighted by atomic mass is 11.1. The molecule has 0 saturated carbocycles. The SMILES string of the molecule is C#[N+]CO[N+](C)(C)O[N+](C)(C)OCN. The van der Waals surface area contributed by atoms with Crippen LogP contribution < -0.4 is 5.73 Å². The first-order valence-electron chi connectivity index (χ1n) is 4.08. The van der Waals surface area contributed by atoms with E-state index in [2.05, 4.69) is 4.85 Å². The molecular formula is C7H19N4O3+3. The predicted molar refractivity (Wildman–Crippen MR) is 49.7 cm³/mol. The Morgan fingerprint density at radius 3 is 2.07 bits per heavy atom. The van der Waals surface area contributed by atoms with Gasteiger partial charge in [0.1, 0.15) is 28.2 Å². The molecule has 0 bridgehead atoms.